The third-order valence-electron chi connectivity index (χ3n) is 7.46. The first kappa shape index (κ1) is 35.4. The molecule has 2 aromatic heterocycles. The first-order chi connectivity index (χ1) is 23.4. The summed E-state index contributed by atoms with van der Waals surface area (Å²) in [6.07, 6.45) is 6.58. The summed E-state index contributed by atoms with van der Waals surface area (Å²) in [7, 11) is 0. The van der Waals surface area contributed by atoms with Crippen molar-refractivity contribution in [3.05, 3.63) is 134 Å². The molecule has 18 nitrogen and oxygen atoms in total. The Morgan fingerprint density at radius 3 is 1.33 bits per heavy atom. The molecule has 2 heterocycles. The van der Waals surface area contributed by atoms with Crippen LogP contribution in [-0.2, 0) is 13.1 Å². The van der Waals surface area contributed by atoms with Crippen LogP contribution < -0.4 is 33.3 Å². The number of nitrogens with one attached hydrogen (secondary N) is 4. The van der Waals surface area contributed by atoms with Gasteiger partial charge < -0.3 is 0 Å². The zero-order valence-electron chi connectivity index (χ0n) is 26.7. The van der Waals surface area contributed by atoms with Gasteiger partial charge in [-0.3, -0.25) is 59.8 Å². The number of benzene rings is 2. The molecule has 0 aliphatic carbocycles. The van der Waals surface area contributed by atoms with Crippen molar-refractivity contribution in [2.75, 3.05) is 10.9 Å². The molecule has 0 aliphatic rings. The molecule has 0 saturated heterocycles. The number of aromatic amines is 2. The largest absolute Gasteiger partial charge is 0.328 e. The summed E-state index contributed by atoms with van der Waals surface area (Å²) in [4.78, 5) is 74.9. The molecule has 0 saturated carbocycles. The van der Waals surface area contributed by atoms with Crippen LogP contribution in [0.25, 0.3) is 0 Å². The van der Waals surface area contributed by atoms with Gasteiger partial charge in [-0.1, -0.05) is 19.3 Å². The number of hydrazone groups is 2. The number of aryl methyl sites for hydroxylation is 2. The number of unbranched alkanes of at least 4 members (excludes halogenated alkanes) is 4. The molecule has 18 heteroatoms. The van der Waals surface area contributed by atoms with Gasteiger partial charge in [0.2, 0.25) is 0 Å². The number of rotatable bonds is 16. The van der Waals surface area contributed by atoms with Gasteiger partial charge >= 0.3 is 11.4 Å². The molecule has 0 unspecified atom stereocenters. The molecule has 4 aromatic rings. The highest BCUT2D eigenvalue weighted by Crippen LogP contribution is 2.16. The van der Waals surface area contributed by atoms with Crippen LogP contribution in [0.1, 0.15) is 57.1 Å². The summed E-state index contributed by atoms with van der Waals surface area (Å²) in [5.41, 5.74) is 5.09. The van der Waals surface area contributed by atoms with Crippen molar-refractivity contribution < 1.29 is 9.85 Å². The SMILES string of the molecule is C/C(=N\Nc1ccc([N+](=O)[O-])cc1)c1cn(CCCCCCCn2cc(/C(C)=N/Nc3ccc([N+](=O)[O-])cc3)c(=O)[nH]c2=O)c(=O)[nH]c1=O. The molecule has 0 fully saturated rings. The monoisotopic (exact) mass is 674 g/mol. The van der Waals surface area contributed by atoms with Crippen molar-refractivity contribution >= 4 is 34.2 Å². The van der Waals surface area contributed by atoms with E-state index in [0.29, 0.717) is 48.7 Å². The Hall–Kier alpha value is -6.46. The Labute approximate surface area is 277 Å². The maximum atomic E-state index is 12.4. The molecular weight excluding hydrogens is 640 g/mol. The van der Waals surface area contributed by atoms with E-state index in [1.54, 1.807) is 13.8 Å². The van der Waals surface area contributed by atoms with Crippen molar-refractivity contribution in [2.45, 2.75) is 59.0 Å². The standard InChI is InChI=1S/C31H34N10O8/c1-20(34-36-22-8-12-24(13-9-22)40(46)47)26-18-38(30(44)32-28(26)42)16-6-4-3-5-7-17-39-19-27(29(43)33-31(39)45)21(2)35-37-23-10-14-25(15-11-23)41(48)49/h8-15,18-19,36-37H,3-7,16-17H2,1-2H3,(H,32,42,44)(H,33,43,45)/b34-20+,35-21+. The van der Waals surface area contributed by atoms with Gasteiger partial charge in [0.15, 0.2) is 0 Å². The molecule has 0 spiro atoms. The quantitative estimate of drug-likeness (QED) is 0.0583. The van der Waals surface area contributed by atoms with Crippen LogP contribution in [0.3, 0.4) is 0 Å². The fraction of sp³-hybridized carbons (Fsp3) is 0.290. The van der Waals surface area contributed by atoms with Gasteiger partial charge in [0, 0.05) is 49.7 Å². The summed E-state index contributed by atoms with van der Waals surface area (Å²) in [6.45, 7) is 3.92. The van der Waals surface area contributed by atoms with E-state index in [0.717, 1.165) is 19.3 Å². The maximum Gasteiger partial charge on any atom is 0.328 e. The van der Waals surface area contributed by atoms with Gasteiger partial charge in [-0.15, -0.1) is 0 Å². The molecule has 0 bridgehead atoms. The first-order valence-corrected chi connectivity index (χ1v) is 15.2. The van der Waals surface area contributed by atoms with Gasteiger partial charge in [0.25, 0.3) is 22.5 Å². The minimum absolute atomic E-state index is 0.0666. The Morgan fingerprint density at radius 1 is 0.633 bits per heavy atom. The van der Waals surface area contributed by atoms with E-state index in [9.17, 15) is 39.4 Å². The molecular formula is C31H34N10O8. The number of non-ortho nitro benzene ring substituents is 2. The zero-order chi connectivity index (χ0) is 35.5. The minimum Gasteiger partial charge on any atom is -0.300 e. The topological polar surface area (TPSA) is 245 Å². The maximum absolute atomic E-state index is 12.4. The lowest BCUT2D eigenvalue weighted by Gasteiger charge is -2.09. The van der Waals surface area contributed by atoms with Crippen LogP contribution in [-0.4, -0.2) is 40.4 Å². The molecule has 4 N–H and O–H groups in total. The second-order valence-electron chi connectivity index (χ2n) is 11.0. The van der Waals surface area contributed by atoms with Crippen molar-refractivity contribution in [1.82, 2.24) is 19.1 Å². The van der Waals surface area contributed by atoms with Crippen LogP contribution >= 0.6 is 0 Å². The van der Waals surface area contributed by atoms with E-state index >= 15 is 0 Å². The first-order valence-electron chi connectivity index (χ1n) is 15.2. The Balaban J connectivity index is 1.26. The molecule has 0 radical (unpaired) electrons. The third kappa shape index (κ3) is 9.77. The number of aromatic nitrogens is 4. The summed E-state index contributed by atoms with van der Waals surface area (Å²) in [5.74, 6) is 0. The average molecular weight is 675 g/mol. The van der Waals surface area contributed by atoms with Crippen molar-refractivity contribution in [3.63, 3.8) is 0 Å². The number of hydrogen-bond donors (Lipinski definition) is 4. The number of nitro benzene ring substituents is 2. The molecule has 49 heavy (non-hydrogen) atoms. The highest BCUT2D eigenvalue weighted by molar-refractivity contribution is 5.99. The van der Waals surface area contributed by atoms with Crippen LogP contribution in [0.4, 0.5) is 22.7 Å². The lowest BCUT2D eigenvalue weighted by Crippen LogP contribution is -2.33. The fourth-order valence-corrected chi connectivity index (χ4v) is 4.69. The lowest BCUT2D eigenvalue weighted by molar-refractivity contribution is -0.385. The van der Waals surface area contributed by atoms with Crippen LogP contribution in [0.15, 0.2) is 90.3 Å². The minimum atomic E-state index is -0.587. The second-order valence-corrected chi connectivity index (χ2v) is 11.0. The van der Waals surface area contributed by atoms with Gasteiger partial charge in [0.05, 0.1) is 43.8 Å². The fourth-order valence-electron chi connectivity index (χ4n) is 4.69. The third-order valence-corrected chi connectivity index (χ3v) is 7.46. The Bertz CT molecular complexity index is 1960. The number of nitrogens with zero attached hydrogens (tertiary/aromatic N) is 6. The van der Waals surface area contributed by atoms with E-state index < -0.39 is 32.3 Å². The van der Waals surface area contributed by atoms with Gasteiger partial charge in [-0.05, 0) is 51.0 Å². The molecule has 4 rings (SSSR count). The van der Waals surface area contributed by atoms with Crippen LogP contribution in [0, 0.1) is 20.2 Å². The molecule has 0 amide bonds. The summed E-state index contributed by atoms with van der Waals surface area (Å²) >= 11 is 0. The van der Waals surface area contributed by atoms with E-state index in [4.69, 9.17) is 0 Å². The lowest BCUT2D eigenvalue weighted by atomic mass is 10.1. The molecule has 2 aromatic carbocycles. The highest BCUT2D eigenvalue weighted by atomic mass is 16.6. The van der Waals surface area contributed by atoms with Crippen LogP contribution in [0.2, 0.25) is 0 Å². The van der Waals surface area contributed by atoms with Crippen molar-refractivity contribution in [3.8, 4) is 0 Å². The van der Waals surface area contributed by atoms with E-state index in [2.05, 4.69) is 31.0 Å². The van der Waals surface area contributed by atoms with Gasteiger partial charge in [-0.25, -0.2) is 9.59 Å². The second kappa shape index (κ2) is 16.4. The molecule has 0 atom stereocenters. The Morgan fingerprint density at radius 2 is 0.980 bits per heavy atom. The number of anilines is 2. The highest BCUT2D eigenvalue weighted by Gasteiger charge is 2.11. The number of H-pyrrole nitrogens is 2. The zero-order valence-corrected chi connectivity index (χ0v) is 26.7. The van der Waals surface area contributed by atoms with E-state index in [-0.39, 0.29) is 22.5 Å². The number of nitro groups is 2. The van der Waals surface area contributed by atoms with Gasteiger partial charge in [-0.2, -0.15) is 10.2 Å². The van der Waals surface area contributed by atoms with E-state index in [1.165, 1.54) is 70.1 Å². The molecule has 256 valence electrons. The molecule has 0 aliphatic heterocycles. The van der Waals surface area contributed by atoms with Crippen LogP contribution in [0.5, 0.6) is 0 Å². The average Bonchev–Trinajstić information content (AvgIpc) is 3.07. The van der Waals surface area contributed by atoms with Gasteiger partial charge in [0.1, 0.15) is 0 Å². The van der Waals surface area contributed by atoms with E-state index in [1.807, 2.05) is 0 Å². The predicted octanol–water partition coefficient (Wildman–Crippen LogP) is 3.53. The smallest absolute Gasteiger partial charge is 0.300 e. The number of hydrogen-bond acceptors (Lipinski definition) is 12. The summed E-state index contributed by atoms with van der Waals surface area (Å²) in [6, 6.07) is 11.2. The normalized spacial score (nSPS) is 11.7. The predicted molar refractivity (Wildman–Crippen MR) is 184 cm³/mol. The van der Waals surface area contributed by atoms with Crippen molar-refractivity contribution in [1.29, 1.82) is 0 Å². The Kier molecular flexibility index (Phi) is 11.8. The summed E-state index contributed by atoms with van der Waals surface area (Å²) in [5, 5.41) is 30.0. The van der Waals surface area contributed by atoms with Crippen molar-refractivity contribution in [2.24, 2.45) is 10.2 Å². The summed E-state index contributed by atoms with van der Waals surface area (Å²) < 4.78 is 2.81.